The average molecular weight is 341 g/mol. The van der Waals surface area contributed by atoms with Gasteiger partial charge in [-0.05, 0) is 18.6 Å². The third-order valence-electron chi connectivity index (χ3n) is 3.37. The highest BCUT2D eigenvalue weighted by atomic mass is 19.4. The minimum absolute atomic E-state index is 0.0835. The van der Waals surface area contributed by atoms with Gasteiger partial charge in [0.05, 0.1) is 11.1 Å². The zero-order valence-corrected chi connectivity index (χ0v) is 12.2. The molecule has 2 rings (SSSR count). The van der Waals surface area contributed by atoms with Crippen LogP contribution in [0.15, 0.2) is 18.2 Å². The van der Waals surface area contributed by atoms with Crippen molar-refractivity contribution in [3.05, 3.63) is 29.3 Å². The molecule has 0 spiro atoms. The van der Waals surface area contributed by atoms with Gasteiger partial charge in [-0.3, -0.25) is 0 Å². The topological polar surface area (TPSA) is 21.7 Å². The van der Waals surface area contributed by atoms with Crippen molar-refractivity contribution in [2.45, 2.75) is 12.4 Å². The number of likely N-dealkylation sites (N-methyl/N-ethyl adjacent to an activating group) is 1. The van der Waals surface area contributed by atoms with Gasteiger partial charge in [0.1, 0.15) is 0 Å². The number of hydrogen-bond donors (Lipinski definition) is 0. The normalized spacial score (nSPS) is 18.7. The highest BCUT2D eigenvalue weighted by Crippen LogP contribution is 2.34. The standard InChI is InChI=1S/C13H14BF6NO2/c1-21-2-4-22-14(23-5-3-21)11-7-9(12(15,16)17)6-10(8-11)13(18,19)20/h6-8H,2-5H2,1H3. The number of alkyl halides is 6. The third-order valence-corrected chi connectivity index (χ3v) is 3.37. The summed E-state index contributed by atoms with van der Waals surface area (Å²) in [6.07, 6.45) is -9.78. The minimum atomic E-state index is -4.89. The Bertz CT molecular complexity index is 506. The van der Waals surface area contributed by atoms with Crippen LogP contribution in [0, 0.1) is 0 Å². The van der Waals surface area contributed by atoms with Gasteiger partial charge in [-0.1, -0.05) is 12.1 Å². The second kappa shape index (κ2) is 6.70. The van der Waals surface area contributed by atoms with Gasteiger partial charge in [-0.15, -0.1) is 0 Å². The van der Waals surface area contributed by atoms with E-state index in [4.69, 9.17) is 9.31 Å². The summed E-state index contributed by atoms with van der Waals surface area (Å²) in [4.78, 5) is 1.88. The molecule has 0 unspecified atom stereocenters. The predicted molar refractivity (Wildman–Crippen MR) is 71.2 cm³/mol. The zero-order valence-electron chi connectivity index (χ0n) is 12.2. The highest BCUT2D eigenvalue weighted by molar-refractivity contribution is 6.61. The Kier molecular flexibility index (Phi) is 5.27. The molecule has 0 bridgehead atoms. The van der Waals surface area contributed by atoms with E-state index in [0.29, 0.717) is 25.2 Å². The van der Waals surface area contributed by atoms with Crippen LogP contribution in [0.4, 0.5) is 26.3 Å². The molecule has 3 nitrogen and oxygen atoms in total. The van der Waals surface area contributed by atoms with Gasteiger partial charge < -0.3 is 14.2 Å². The molecule has 0 aromatic heterocycles. The number of halogens is 6. The van der Waals surface area contributed by atoms with Gasteiger partial charge in [-0.2, -0.15) is 26.3 Å². The van der Waals surface area contributed by atoms with Crippen molar-refractivity contribution in [2.75, 3.05) is 33.4 Å². The average Bonchev–Trinajstić information content (AvgIpc) is 2.40. The van der Waals surface area contributed by atoms with E-state index in [1.165, 1.54) is 0 Å². The first-order valence-corrected chi connectivity index (χ1v) is 6.78. The van der Waals surface area contributed by atoms with E-state index in [1.54, 1.807) is 7.05 Å². The van der Waals surface area contributed by atoms with Crippen LogP contribution in [-0.4, -0.2) is 45.4 Å². The molecule has 1 aromatic rings. The summed E-state index contributed by atoms with van der Waals surface area (Å²) >= 11 is 0. The molecule has 10 heteroatoms. The highest BCUT2D eigenvalue weighted by Gasteiger charge is 2.38. The summed E-state index contributed by atoms with van der Waals surface area (Å²) in [5, 5.41) is 0. The summed E-state index contributed by atoms with van der Waals surface area (Å²) in [6, 6.07) is 1.34. The van der Waals surface area contributed by atoms with Gasteiger partial charge in [0.2, 0.25) is 0 Å². The first-order chi connectivity index (χ1) is 10.6. The maximum Gasteiger partial charge on any atom is 0.493 e. The van der Waals surface area contributed by atoms with Crippen molar-refractivity contribution in [2.24, 2.45) is 0 Å². The van der Waals surface area contributed by atoms with Crippen molar-refractivity contribution in [1.82, 2.24) is 4.90 Å². The van der Waals surface area contributed by atoms with Crippen LogP contribution in [-0.2, 0) is 21.7 Å². The molecular formula is C13H14BF6NO2. The van der Waals surface area contributed by atoms with Crippen molar-refractivity contribution < 1.29 is 35.7 Å². The summed E-state index contributed by atoms with van der Waals surface area (Å²) in [5.41, 5.74) is -3.06. The molecule has 1 aliphatic heterocycles. The largest absolute Gasteiger partial charge is 0.493 e. The molecule has 1 fully saturated rings. The second-order valence-corrected chi connectivity index (χ2v) is 5.22. The molecule has 23 heavy (non-hydrogen) atoms. The Hall–Kier alpha value is -1.26. The Morgan fingerprint density at radius 2 is 1.30 bits per heavy atom. The number of hydrogen-bond acceptors (Lipinski definition) is 3. The molecule has 128 valence electrons. The molecule has 0 aliphatic carbocycles. The van der Waals surface area contributed by atoms with Crippen molar-refractivity contribution >= 4 is 12.6 Å². The Morgan fingerprint density at radius 1 is 0.870 bits per heavy atom. The number of nitrogens with zero attached hydrogens (tertiary/aromatic N) is 1. The molecule has 0 amide bonds. The lowest BCUT2D eigenvalue weighted by molar-refractivity contribution is -0.142. The molecule has 0 N–H and O–H groups in total. The zero-order chi connectivity index (χ0) is 17.3. The van der Waals surface area contributed by atoms with Crippen LogP contribution in [0.5, 0.6) is 0 Å². The van der Waals surface area contributed by atoms with Crippen molar-refractivity contribution in [3.8, 4) is 0 Å². The molecule has 0 saturated carbocycles. The summed E-state index contributed by atoms with van der Waals surface area (Å²) in [5.74, 6) is 0. The van der Waals surface area contributed by atoms with Gasteiger partial charge >= 0.3 is 19.5 Å². The van der Waals surface area contributed by atoms with Gasteiger partial charge in [0.25, 0.3) is 0 Å². The molecule has 1 aliphatic rings. The van der Waals surface area contributed by atoms with Gasteiger partial charge in [0.15, 0.2) is 0 Å². The minimum Gasteiger partial charge on any atom is -0.406 e. The van der Waals surface area contributed by atoms with E-state index < -0.39 is 30.6 Å². The first kappa shape index (κ1) is 18.1. The molecule has 1 heterocycles. The van der Waals surface area contributed by atoms with Gasteiger partial charge in [-0.25, -0.2) is 0 Å². The van der Waals surface area contributed by atoms with Crippen molar-refractivity contribution in [1.29, 1.82) is 0 Å². The molecule has 1 aromatic carbocycles. The van der Waals surface area contributed by atoms with Crippen molar-refractivity contribution in [3.63, 3.8) is 0 Å². The van der Waals surface area contributed by atoms with E-state index in [-0.39, 0.29) is 24.7 Å². The van der Waals surface area contributed by atoms with Crippen LogP contribution < -0.4 is 5.46 Å². The third kappa shape index (κ3) is 4.86. The smallest absolute Gasteiger partial charge is 0.406 e. The lowest BCUT2D eigenvalue weighted by Crippen LogP contribution is -2.44. The van der Waals surface area contributed by atoms with Crippen LogP contribution in [0.1, 0.15) is 11.1 Å². The SMILES string of the molecule is CN1CCOB(c2cc(C(F)(F)F)cc(C(F)(F)F)c2)OCC1. The Morgan fingerprint density at radius 3 is 1.70 bits per heavy atom. The number of rotatable bonds is 1. The quantitative estimate of drug-likeness (QED) is 0.579. The Labute approximate surface area is 129 Å². The summed E-state index contributed by atoms with van der Waals surface area (Å²) in [6.45, 7) is 1.29. The van der Waals surface area contributed by atoms with Crippen LogP contribution in [0.25, 0.3) is 0 Å². The van der Waals surface area contributed by atoms with E-state index >= 15 is 0 Å². The van der Waals surface area contributed by atoms with E-state index in [1.807, 2.05) is 4.90 Å². The van der Waals surface area contributed by atoms with Crippen LogP contribution in [0.3, 0.4) is 0 Å². The Balaban J connectivity index is 2.36. The van der Waals surface area contributed by atoms with Gasteiger partial charge in [0, 0.05) is 26.3 Å². The van der Waals surface area contributed by atoms with E-state index in [2.05, 4.69) is 0 Å². The van der Waals surface area contributed by atoms with E-state index in [9.17, 15) is 26.3 Å². The van der Waals surface area contributed by atoms with Crippen LogP contribution in [0.2, 0.25) is 0 Å². The molecular weight excluding hydrogens is 327 g/mol. The second-order valence-electron chi connectivity index (χ2n) is 5.22. The monoisotopic (exact) mass is 341 g/mol. The van der Waals surface area contributed by atoms with Crippen LogP contribution >= 0.6 is 0 Å². The molecule has 0 radical (unpaired) electrons. The fraction of sp³-hybridized carbons (Fsp3) is 0.538. The fourth-order valence-electron chi connectivity index (χ4n) is 2.10. The maximum absolute atomic E-state index is 12.8. The molecule has 1 saturated heterocycles. The number of benzene rings is 1. The molecule has 0 atom stereocenters. The fourth-order valence-corrected chi connectivity index (χ4v) is 2.10. The predicted octanol–water partition coefficient (Wildman–Crippen LogP) is 2.40. The van der Waals surface area contributed by atoms with E-state index in [0.717, 1.165) is 0 Å². The lowest BCUT2D eigenvalue weighted by Gasteiger charge is -2.24. The first-order valence-electron chi connectivity index (χ1n) is 6.78. The lowest BCUT2D eigenvalue weighted by atomic mass is 9.77. The maximum atomic E-state index is 12.8. The summed E-state index contributed by atoms with van der Waals surface area (Å²) < 4.78 is 87.6. The summed E-state index contributed by atoms with van der Waals surface area (Å²) in [7, 11) is 0.547.